The van der Waals surface area contributed by atoms with Crippen LogP contribution in [0.25, 0.3) is 0 Å². The number of piperidine rings is 1. The van der Waals surface area contributed by atoms with Crippen molar-refractivity contribution in [3.8, 4) is 0 Å². The van der Waals surface area contributed by atoms with Gasteiger partial charge in [0.05, 0.1) is 0 Å². The molecule has 1 aromatic rings. The van der Waals surface area contributed by atoms with Crippen LogP contribution in [-0.4, -0.2) is 47.5 Å². The van der Waals surface area contributed by atoms with Gasteiger partial charge in [-0.2, -0.15) is 0 Å². The van der Waals surface area contributed by atoms with Gasteiger partial charge in [-0.1, -0.05) is 13.8 Å². The summed E-state index contributed by atoms with van der Waals surface area (Å²) in [6.45, 7) is 8.68. The topological polar surface area (TPSA) is 49.3 Å². The third kappa shape index (κ3) is 4.16. The average molecular weight is 290 g/mol. The monoisotopic (exact) mass is 290 g/mol. The van der Waals surface area contributed by atoms with Gasteiger partial charge in [-0.3, -0.25) is 4.79 Å². The zero-order valence-corrected chi connectivity index (χ0v) is 13.6. The van der Waals surface area contributed by atoms with Gasteiger partial charge in [0.25, 0.3) is 0 Å². The summed E-state index contributed by atoms with van der Waals surface area (Å²) in [4.78, 5) is 24.9. The number of carbonyl (C=O) groups is 1. The number of hydrogen-bond acceptors (Lipinski definition) is 4. The van der Waals surface area contributed by atoms with E-state index in [2.05, 4.69) is 34.8 Å². The van der Waals surface area contributed by atoms with Crippen molar-refractivity contribution in [3.63, 3.8) is 0 Å². The summed E-state index contributed by atoms with van der Waals surface area (Å²) < 4.78 is 0. The number of likely N-dealkylation sites (tertiary alicyclic amines) is 1. The second-order valence-electron chi connectivity index (χ2n) is 6.11. The number of hydrogen-bond donors (Lipinski definition) is 0. The molecule has 1 aliphatic heterocycles. The highest BCUT2D eigenvalue weighted by atomic mass is 16.2. The fourth-order valence-electron chi connectivity index (χ4n) is 2.55. The summed E-state index contributed by atoms with van der Waals surface area (Å²) in [5.74, 6) is 2.42. The highest BCUT2D eigenvalue weighted by molar-refractivity contribution is 5.76. The van der Waals surface area contributed by atoms with E-state index in [1.54, 1.807) is 0 Å². The number of likely N-dealkylation sites (N-methyl/N-ethyl adjacent to an activating group) is 1. The second kappa shape index (κ2) is 6.87. The molecule has 2 rings (SSSR count). The predicted octanol–water partition coefficient (Wildman–Crippen LogP) is 2.36. The quantitative estimate of drug-likeness (QED) is 0.835. The number of rotatable bonds is 5. The number of anilines is 1. The van der Waals surface area contributed by atoms with Crippen LogP contribution >= 0.6 is 0 Å². The highest BCUT2D eigenvalue weighted by Gasteiger charge is 2.18. The molecule has 0 spiro atoms. The summed E-state index contributed by atoms with van der Waals surface area (Å²) in [5, 5.41) is 0. The van der Waals surface area contributed by atoms with Crippen LogP contribution in [-0.2, 0) is 4.79 Å². The maximum Gasteiger partial charge on any atom is 0.222 e. The van der Waals surface area contributed by atoms with E-state index in [9.17, 15) is 4.79 Å². The summed E-state index contributed by atoms with van der Waals surface area (Å²) in [7, 11) is 2.03. The second-order valence-corrected chi connectivity index (χ2v) is 6.11. The normalized spacial score (nSPS) is 15.7. The van der Waals surface area contributed by atoms with Crippen LogP contribution in [0.1, 0.15) is 50.5 Å². The molecule has 1 fully saturated rings. The minimum atomic E-state index is 0.288. The van der Waals surface area contributed by atoms with E-state index < -0.39 is 0 Å². The fraction of sp³-hybridized carbons (Fsp3) is 0.688. The predicted molar refractivity (Wildman–Crippen MR) is 84.6 cm³/mol. The lowest BCUT2D eigenvalue weighted by Gasteiger charge is -2.29. The lowest BCUT2D eigenvalue weighted by molar-refractivity contribution is -0.133. The van der Waals surface area contributed by atoms with Crippen LogP contribution in [0.3, 0.4) is 0 Å². The van der Waals surface area contributed by atoms with Crippen LogP contribution in [0.2, 0.25) is 0 Å². The molecular weight excluding hydrogens is 264 g/mol. The first kappa shape index (κ1) is 15.7. The first-order valence-corrected chi connectivity index (χ1v) is 7.82. The van der Waals surface area contributed by atoms with Gasteiger partial charge < -0.3 is 9.80 Å². The van der Waals surface area contributed by atoms with Crippen LogP contribution in [0.5, 0.6) is 0 Å². The molecule has 1 amide bonds. The van der Waals surface area contributed by atoms with E-state index >= 15 is 0 Å². The first-order chi connectivity index (χ1) is 9.97. The van der Waals surface area contributed by atoms with E-state index in [4.69, 9.17) is 0 Å². The lowest BCUT2D eigenvalue weighted by atomic mass is 10.1. The van der Waals surface area contributed by atoms with Gasteiger partial charge in [-0.15, -0.1) is 0 Å². The lowest BCUT2D eigenvalue weighted by Crippen LogP contribution is -2.40. The van der Waals surface area contributed by atoms with Crippen LogP contribution in [0.15, 0.2) is 6.07 Å². The van der Waals surface area contributed by atoms with Crippen LogP contribution < -0.4 is 4.90 Å². The van der Waals surface area contributed by atoms with Gasteiger partial charge >= 0.3 is 0 Å². The third-order valence-corrected chi connectivity index (χ3v) is 3.95. The van der Waals surface area contributed by atoms with Gasteiger partial charge in [-0.25, -0.2) is 9.97 Å². The Labute approximate surface area is 127 Å². The van der Waals surface area contributed by atoms with Crippen molar-refractivity contribution >= 4 is 11.7 Å². The van der Waals surface area contributed by atoms with E-state index in [0.717, 1.165) is 49.8 Å². The molecule has 5 nitrogen and oxygen atoms in total. The molecule has 1 saturated heterocycles. The molecule has 0 aromatic carbocycles. The Morgan fingerprint density at radius 3 is 2.76 bits per heavy atom. The van der Waals surface area contributed by atoms with Crippen molar-refractivity contribution in [1.29, 1.82) is 0 Å². The SMILES string of the molecule is Cc1nc(C(C)C)cc(N(C)CCN2CCCCC2=O)n1. The van der Waals surface area contributed by atoms with Crippen molar-refractivity contribution in [1.82, 2.24) is 14.9 Å². The number of aromatic nitrogens is 2. The molecule has 0 atom stereocenters. The molecule has 116 valence electrons. The third-order valence-electron chi connectivity index (χ3n) is 3.95. The van der Waals surface area contributed by atoms with Gasteiger partial charge in [0.1, 0.15) is 11.6 Å². The molecule has 5 heteroatoms. The zero-order chi connectivity index (χ0) is 15.4. The molecule has 0 radical (unpaired) electrons. The minimum absolute atomic E-state index is 0.288. The molecule has 1 aliphatic rings. The Kier molecular flexibility index (Phi) is 5.15. The Hall–Kier alpha value is -1.65. The van der Waals surface area contributed by atoms with Crippen LogP contribution in [0, 0.1) is 6.92 Å². The van der Waals surface area contributed by atoms with E-state index in [1.165, 1.54) is 0 Å². The Balaban J connectivity index is 1.99. The van der Waals surface area contributed by atoms with Crippen LogP contribution in [0.4, 0.5) is 5.82 Å². The Bertz CT molecular complexity index is 501. The van der Waals surface area contributed by atoms with Crippen molar-refractivity contribution in [2.24, 2.45) is 0 Å². The molecule has 0 aliphatic carbocycles. The highest BCUT2D eigenvalue weighted by Crippen LogP contribution is 2.18. The molecule has 0 N–H and O–H groups in total. The van der Waals surface area contributed by atoms with Gasteiger partial charge in [0.2, 0.25) is 5.91 Å². The molecule has 1 aromatic heterocycles. The largest absolute Gasteiger partial charge is 0.358 e. The maximum absolute atomic E-state index is 11.8. The summed E-state index contributed by atoms with van der Waals surface area (Å²) in [5.41, 5.74) is 1.07. The number of carbonyl (C=O) groups excluding carboxylic acids is 1. The Morgan fingerprint density at radius 1 is 1.33 bits per heavy atom. The van der Waals surface area contributed by atoms with E-state index in [0.29, 0.717) is 12.3 Å². The molecule has 0 saturated carbocycles. The van der Waals surface area contributed by atoms with Crippen molar-refractivity contribution < 1.29 is 4.79 Å². The summed E-state index contributed by atoms with van der Waals surface area (Å²) in [6.07, 6.45) is 2.86. The molecule has 0 bridgehead atoms. The zero-order valence-electron chi connectivity index (χ0n) is 13.6. The smallest absolute Gasteiger partial charge is 0.222 e. The number of nitrogens with zero attached hydrogens (tertiary/aromatic N) is 4. The van der Waals surface area contributed by atoms with Gasteiger partial charge in [0, 0.05) is 44.9 Å². The maximum atomic E-state index is 11.8. The Morgan fingerprint density at radius 2 is 2.10 bits per heavy atom. The summed E-state index contributed by atoms with van der Waals surface area (Å²) in [6, 6.07) is 2.05. The van der Waals surface area contributed by atoms with Crippen molar-refractivity contribution in [2.75, 3.05) is 31.6 Å². The van der Waals surface area contributed by atoms with Crippen molar-refractivity contribution in [2.45, 2.75) is 46.0 Å². The van der Waals surface area contributed by atoms with Crippen molar-refractivity contribution in [3.05, 3.63) is 17.6 Å². The van der Waals surface area contributed by atoms with Gasteiger partial charge in [0.15, 0.2) is 0 Å². The average Bonchev–Trinajstić information content (AvgIpc) is 2.45. The summed E-state index contributed by atoms with van der Waals surface area (Å²) >= 11 is 0. The fourth-order valence-corrected chi connectivity index (χ4v) is 2.55. The molecule has 21 heavy (non-hydrogen) atoms. The molecule has 0 unspecified atom stereocenters. The molecular formula is C16H26N4O. The first-order valence-electron chi connectivity index (χ1n) is 7.82. The minimum Gasteiger partial charge on any atom is -0.358 e. The number of aryl methyl sites for hydroxylation is 1. The standard InChI is InChI=1S/C16H26N4O/c1-12(2)14-11-15(18-13(3)17-14)19(4)9-10-20-8-6-5-7-16(20)21/h11-12H,5-10H2,1-4H3. The number of amides is 1. The molecule has 2 heterocycles. The van der Waals surface area contributed by atoms with E-state index in [1.807, 2.05) is 18.9 Å². The van der Waals surface area contributed by atoms with E-state index in [-0.39, 0.29) is 5.91 Å². The van der Waals surface area contributed by atoms with Gasteiger partial charge in [-0.05, 0) is 25.7 Å².